The van der Waals surface area contributed by atoms with Crippen LogP contribution in [-0.2, 0) is 9.59 Å². The summed E-state index contributed by atoms with van der Waals surface area (Å²) in [6.45, 7) is 8.51. The molecule has 1 atom stereocenters. The number of rotatable bonds is 4. The van der Waals surface area contributed by atoms with Crippen LogP contribution in [0.3, 0.4) is 0 Å². The van der Waals surface area contributed by atoms with Crippen molar-refractivity contribution in [3.63, 3.8) is 0 Å². The Bertz CT molecular complexity index is 511. The van der Waals surface area contributed by atoms with Gasteiger partial charge in [-0.1, -0.05) is 18.2 Å². The van der Waals surface area contributed by atoms with Gasteiger partial charge in [0.15, 0.2) is 0 Å². The number of carbonyl (C=O) groups is 2. The normalized spacial score (nSPS) is 18.7. The molecule has 0 spiro atoms. The Kier molecular flexibility index (Phi) is 4.66. The molecule has 21 heavy (non-hydrogen) atoms. The van der Waals surface area contributed by atoms with Crippen LogP contribution in [0.4, 0.5) is 5.69 Å². The lowest BCUT2D eigenvalue weighted by Gasteiger charge is -2.29. The Morgan fingerprint density at radius 3 is 2.29 bits per heavy atom. The lowest BCUT2D eigenvalue weighted by molar-refractivity contribution is -0.129. The molecule has 1 aliphatic rings. The van der Waals surface area contributed by atoms with Gasteiger partial charge >= 0.3 is 0 Å². The molecular formula is C17H24N2O2. The van der Waals surface area contributed by atoms with E-state index in [0.29, 0.717) is 13.0 Å². The average Bonchev–Trinajstić information content (AvgIpc) is 2.82. The Labute approximate surface area is 126 Å². The fraction of sp³-hybridized carbons (Fsp3) is 0.529. The maximum atomic E-state index is 12.8. The molecule has 114 valence electrons. The van der Waals surface area contributed by atoms with Gasteiger partial charge in [-0.05, 0) is 39.8 Å². The third-order valence-electron chi connectivity index (χ3n) is 3.92. The lowest BCUT2D eigenvalue weighted by atomic mass is 10.1. The minimum atomic E-state index is -0.234. The second kappa shape index (κ2) is 6.29. The standard InChI is InChI=1S/C17H24N2O2/c1-12(2)18-11-14(10-16(18)20)17(21)19(13(3)4)15-8-6-5-7-9-15/h5-9,12-14H,10-11H2,1-4H3. The molecule has 0 aliphatic carbocycles. The largest absolute Gasteiger partial charge is 0.339 e. The van der Waals surface area contributed by atoms with Gasteiger partial charge in [0.25, 0.3) is 0 Å². The zero-order valence-electron chi connectivity index (χ0n) is 13.2. The minimum Gasteiger partial charge on any atom is -0.339 e. The topological polar surface area (TPSA) is 40.6 Å². The molecule has 0 bridgehead atoms. The molecule has 0 saturated carbocycles. The van der Waals surface area contributed by atoms with E-state index < -0.39 is 0 Å². The summed E-state index contributed by atoms with van der Waals surface area (Å²) < 4.78 is 0. The zero-order chi connectivity index (χ0) is 15.6. The number of hydrogen-bond donors (Lipinski definition) is 0. The molecule has 1 fully saturated rings. The van der Waals surface area contributed by atoms with E-state index in [1.54, 1.807) is 4.90 Å². The van der Waals surface area contributed by atoms with Gasteiger partial charge in [-0.3, -0.25) is 9.59 Å². The summed E-state index contributed by atoms with van der Waals surface area (Å²) in [6, 6.07) is 9.90. The van der Waals surface area contributed by atoms with Crippen molar-refractivity contribution in [2.75, 3.05) is 11.4 Å². The average molecular weight is 288 g/mol. The summed E-state index contributed by atoms with van der Waals surface area (Å²) in [6.07, 6.45) is 0.326. The maximum Gasteiger partial charge on any atom is 0.232 e. The Balaban J connectivity index is 2.19. The van der Waals surface area contributed by atoms with Gasteiger partial charge in [0.2, 0.25) is 11.8 Å². The van der Waals surface area contributed by atoms with Crippen LogP contribution >= 0.6 is 0 Å². The maximum absolute atomic E-state index is 12.8. The van der Waals surface area contributed by atoms with Crippen LogP contribution in [0.5, 0.6) is 0 Å². The number of nitrogens with zero attached hydrogens (tertiary/aromatic N) is 2. The van der Waals surface area contributed by atoms with Gasteiger partial charge in [-0.2, -0.15) is 0 Å². The molecule has 4 heteroatoms. The first-order valence-electron chi connectivity index (χ1n) is 7.59. The van der Waals surface area contributed by atoms with Crippen molar-refractivity contribution in [2.24, 2.45) is 5.92 Å². The summed E-state index contributed by atoms with van der Waals surface area (Å²) in [5.74, 6) is -0.102. The van der Waals surface area contributed by atoms with Crippen molar-refractivity contribution < 1.29 is 9.59 Å². The molecule has 1 unspecified atom stereocenters. The molecule has 4 nitrogen and oxygen atoms in total. The summed E-state index contributed by atoms with van der Waals surface area (Å²) in [4.78, 5) is 28.5. The number of amides is 2. The highest BCUT2D eigenvalue weighted by molar-refractivity contribution is 5.99. The Hall–Kier alpha value is -1.84. The van der Waals surface area contributed by atoms with Crippen LogP contribution in [0.25, 0.3) is 0 Å². The van der Waals surface area contributed by atoms with Crippen LogP contribution in [-0.4, -0.2) is 35.3 Å². The monoisotopic (exact) mass is 288 g/mol. The van der Waals surface area contributed by atoms with E-state index in [1.165, 1.54) is 0 Å². The van der Waals surface area contributed by atoms with Crippen molar-refractivity contribution >= 4 is 17.5 Å². The van der Waals surface area contributed by atoms with E-state index in [0.717, 1.165) is 5.69 Å². The van der Waals surface area contributed by atoms with E-state index >= 15 is 0 Å². The molecule has 0 radical (unpaired) electrons. The van der Waals surface area contributed by atoms with E-state index in [9.17, 15) is 9.59 Å². The van der Waals surface area contributed by atoms with Crippen molar-refractivity contribution in [3.8, 4) is 0 Å². The summed E-state index contributed by atoms with van der Waals surface area (Å²) in [5, 5.41) is 0. The Morgan fingerprint density at radius 2 is 1.81 bits per heavy atom. The third-order valence-corrected chi connectivity index (χ3v) is 3.92. The molecule has 1 heterocycles. The van der Waals surface area contributed by atoms with E-state index in [2.05, 4.69) is 0 Å². The molecule has 2 amide bonds. The van der Waals surface area contributed by atoms with E-state index in [1.807, 2.05) is 62.9 Å². The molecule has 2 rings (SSSR count). The summed E-state index contributed by atoms with van der Waals surface area (Å²) in [5.41, 5.74) is 0.896. The van der Waals surface area contributed by atoms with Gasteiger partial charge < -0.3 is 9.80 Å². The highest BCUT2D eigenvalue weighted by Crippen LogP contribution is 2.26. The number of carbonyl (C=O) groups excluding carboxylic acids is 2. The SMILES string of the molecule is CC(C)N1CC(C(=O)N(c2ccccc2)C(C)C)CC1=O. The van der Waals surface area contributed by atoms with Gasteiger partial charge in [-0.15, -0.1) is 0 Å². The van der Waals surface area contributed by atoms with E-state index in [-0.39, 0.29) is 29.8 Å². The Morgan fingerprint density at radius 1 is 1.19 bits per heavy atom. The number of para-hydroxylation sites is 1. The molecule has 1 aromatic rings. The van der Waals surface area contributed by atoms with E-state index in [4.69, 9.17) is 0 Å². The first kappa shape index (κ1) is 15.5. The van der Waals surface area contributed by atoms with Gasteiger partial charge in [0, 0.05) is 30.7 Å². The van der Waals surface area contributed by atoms with Gasteiger partial charge in [0.1, 0.15) is 0 Å². The molecule has 1 aliphatic heterocycles. The van der Waals surface area contributed by atoms with Crippen LogP contribution in [0.15, 0.2) is 30.3 Å². The van der Waals surface area contributed by atoms with Gasteiger partial charge in [0.05, 0.1) is 5.92 Å². The molecule has 1 saturated heterocycles. The highest BCUT2D eigenvalue weighted by atomic mass is 16.2. The first-order valence-corrected chi connectivity index (χ1v) is 7.59. The van der Waals surface area contributed by atoms with Crippen molar-refractivity contribution in [2.45, 2.75) is 46.2 Å². The second-order valence-electron chi connectivity index (χ2n) is 6.18. The summed E-state index contributed by atoms with van der Waals surface area (Å²) >= 11 is 0. The number of hydrogen-bond acceptors (Lipinski definition) is 2. The van der Waals surface area contributed by atoms with Crippen LogP contribution < -0.4 is 4.90 Å². The smallest absolute Gasteiger partial charge is 0.232 e. The predicted octanol–water partition coefficient (Wildman–Crippen LogP) is 2.68. The highest BCUT2D eigenvalue weighted by Gasteiger charge is 2.38. The fourth-order valence-electron chi connectivity index (χ4n) is 2.86. The fourth-order valence-corrected chi connectivity index (χ4v) is 2.86. The second-order valence-corrected chi connectivity index (χ2v) is 6.18. The number of anilines is 1. The molecule has 0 aromatic heterocycles. The first-order chi connectivity index (χ1) is 9.91. The van der Waals surface area contributed by atoms with Crippen molar-refractivity contribution in [1.29, 1.82) is 0 Å². The quantitative estimate of drug-likeness (QED) is 0.854. The van der Waals surface area contributed by atoms with Crippen LogP contribution in [0.1, 0.15) is 34.1 Å². The van der Waals surface area contributed by atoms with Gasteiger partial charge in [-0.25, -0.2) is 0 Å². The third kappa shape index (κ3) is 3.26. The lowest BCUT2D eigenvalue weighted by Crippen LogP contribution is -2.42. The zero-order valence-corrected chi connectivity index (χ0v) is 13.2. The number of likely N-dealkylation sites (tertiary alicyclic amines) is 1. The van der Waals surface area contributed by atoms with Crippen molar-refractivity contribution in [3.05, 3.63) is 30.3 Å². The van der Waals surface area contributed by atoms with Crippen LogP contribution in [0, 0.1) is 5.92 Å². The van der Waals surface area contributed by atoms with Crippen molar-refractivity contribution in [1.82, 2.24) is 4.90 Å². The molecular weight excluding hydrogens is 264 g/mol. The minimum absolute atomic E-state index is 0.0488. The number of benzene rings is 1. The summed E-state index contributed by atoms with van der Waals surface area (Å²) in [7, 11) is 0. The van der Waals surface area contributed by atoms with Crippen LogP contribution in [0.2, 0.25) is 0 Å². The molecule has 1 aromatic carbocycles. The predicted molar refractivity (Wildman–Crippen MR) is 84.0 cm³/mol. The molecule has 0 N–H and O–H groups in total.